The maximum Gasteiger partial charge on any atom is 0.334 e. The molecule has 3 heterocycles. The molecule has 4 amide bonds. The number of hydrogen-bond donors (Lipinski definition) is 1. The van der Waals surface area contributed by atoms with Crippen molar-refractivity contribution in [3.8, 4) is 0 Å². The van der Waals surface area contributed by atoms with Gasteiger partial charge in [0.2, 0.25) is 11.8 Å². The molecule has 0 spiro atoms. The molecule has 9 nitrogen and oxygen atoms in total. The number of nitrogens with zero attached hydrogens (tertiary/aromatic N) is 4. The predicted molar refractivity (Wildman–Crippen MR) is 126 cm³/mol. The number of furan rings is 1. The summed E-state index contributed by atoms with van der Waals surface area (Å²) in [6, 6.07) is 12.4. The lowest BCUT2D eigenvalue weighted by molar-refractivity contribution is -0.191. The molecule has 2 saturated heterocycles. The Balaban J connectivity index is 1.62. The van der Waals surface area contributed by atoms with Crippen LogP contribution in [-0.2, 0) is 22.7 Å². The Hall–Kier alpha value is -3.33. The van der Waals surface area contributed by atoms with Gasteiger partial charge in [-0.25, -0.2) is 14.8 Å². The van der Waals surface area contributed by atoms with Gasteiger partial charge < -0.3 is 19.5 Å². The Kier molecular flexibility index (Phi) is 7.21. The quantitative estimate of drug-likeness (QED) is 0.676. The Morgan fingerprint density at radius 3 is 2.56 bits per heavy atom. The summed E-state index contributed by atoms with van der Waals surface area (Å²) in [5.41, 5.74) is 0.986. The van der Waals surface area contributed by atoms with Crippen LogP contribution in [0.3, 0.4) is 0 Å². The largest absolute Gasteiger partial charge is 0.467 e. The van der Waals surface area contributed by atoms with E-state index in [9.17, 15) is 14.4 Å². The third-order valence-electron chi connectivity index (χ3n) is 6.31. The van der Waals surface area contributed by atoms with Gasteiger partial charge in [-0.15, -0.1) is 0 Å². The second-order valence-corrected chi connectivity index (χ2v) is 9.19. The number of urea groups is 1. The van der Waals surface area contributed by atoms with Crippen molar-refractivity contribution >= 4 is 17.8 Å². The van der Waals surface area contributed by atoms with Crippen molar-refractivity contribution in [2.45, 2.75) is 52.5 Å². The van der Waals surface area contributed by atoms with Crippen LogP contribution in [0.15, 0.2) is 53.1 Å². The molecule has 0 saturated carbocycles. The monoisotopic (exact) mass is 467 g/mol. The normalized spacial score (nSPS) is 21.2. The minimum absolute atomic E-state index is 0.0613. The molecule has 4 rings (SSSR count). The lowest BCUT2D eigenvalue weighted by atomic mass is 9.97. The molecule has 0 aliphatic carbocycles. The van der Waals surface area contributed by atoms with Crippen molar-refractivity contribution in [1.82, 2.24) is 25.1 Å². The van der Waals surface area contributed by atoms with E-state index >= 15 is 0 Å². The molecule has 2 aliphatic heterocycles. The van der Waals surface area contributed by atoms with E-state index in [1.165, 1.54) is 0 Å². The second-order valence-electron chi connectivity index (χ2n) is 9.19. The van der Waals surface area contributed by atoms with E-state index in [1.54, 1.807) is 32.1 Å². The zero-order valence-corrected chi connectivity index (χ0v) is 20.0. The number of hydrazine groups is 1. The highest BCUT2D eigenvalue weighted by molar-refractivity contribution is 5.91. The number of carbonyl (C=O) groups is 3. The highest BCUT2D eigenvalue weighted by Gasteiger charge is 2.51. The van der Waals surface area contributed by atoms with Crippen LogP contribution >= 0.6 is 0 Å². The fraction of sp³-hybridized carbons (Fsp3) is 0.480. The van der Waals surface area contributed by atoms with E-state index in [2.05, 4.69) is 5.32 Å². The fourth-order valence-corrected chi connectivity index (χ4v) is 4.73. The lowest BCUT2D eigenvalue weighted by Gasteiger charge is -2.55. The maximum atomic E-state index is 13.5. The first-order chi connectivity index (χ1) is 16.4. The molecule has 182 valence electrons. The number of hydrogen-bond acceptors (Lipinski definition) is 5. The van der Waals surface area contributed by atoms with Crippen molar-refractivity contribution in [2.75, 3.05) is 19.6 Å². The Morgan fingerprint density at radius 2 is 1.91 bits per heavy atom. The third kappa shape index (κ3) is 4.94. The summed E-state index contributed by atoms with van der Waals surface area (Å²) in [6.07, 6.45) is 1.52. The highest BCUT2D eigenvalue weighted by atomic mass is 16.3. The lowest BCUT2D eigenvalue weighted by Crippen LogP contribution is -2.76. The van der Waals surface area contributed by atoms with Crippen molar-refractivity contribution in [1.29, 1.82) is 0 Å². The number of likely N-dealkylation sites (N-methyl/N-ethyl adjacent to an activating group) is 1. The average molecular weight is 468 g/mol. The van der Waals surface area contributed by atoms with Gasteiger partial charge in [-0.1, -0.05) is 51.1 Å². The summed E-state index contributed by atoms with van der Waals surface area (Å²) >= 11 is 0. The zero-order valence-electron chi connectivity index (χ0n) is 20.0. The van der Waals surface area contributed by atoms with Gasteiger partial charge in [-0.3, -0.25) is 9.59 Å². The number of rotatable bonds is 7. The molecule has 1 aromatic carbocycles. The van der Waals surface area contributed by atoms with Crippen LogP contribution in [0.4, 0.5) is 4.79 Å². The minimum atomic E-state index is -0.621. The summed E-state index contributed by atoms with van der Waals surface area (Å²) in [7, 11) is 0. The number of fused-ring (bicyclic) bond motifs is 1. The summed E-state index contributed by atoms with van der Waals surface area (Å²) < 4.78 is 5.48. The summed E-state index contributed by atoms with van der Waals surface area (Å²) in [5, 5.41) is 6.38. The molecule has 1 N–H and O–H groups in total. The Bertz CT molecular complexity index is 994. The van der Waals surface area contributed by atoms with E-state index < -0.39 is 12.2 Å². The second kappa shape index (κ2) is 10.3. The summed E-state index contributed by atoms with van der Waals surface area (Å²) in [4.78, 5) is 43.5. The smallest absolute Gasteiger partial charge is 0.334 e. The number of carbonyl (C=O) groups excluding carboxylic acids is 3. The molecule has 0 unspecified atom stereocenters. The van der Waals surface area contributed by atoms with Crippen LogP contribution in [0.1, 0.15) is 38.5 Å². The van der Waals surface area contributed by atoms with E-state index in [-0.39, 0.29) is 36.9 Å². The van der Waals surface area contributed by atoms with Crippen molar-refractivity contribution < 1.29 is 18.8 Å². The van der Waals surface area contributed by atoms with E-state index in [0.29, 0.717) is 31.8 Å². The van der Waals surface area contributed by atoms with Gasteiger partial charge in [0.25, 0.3) is 0 Å². The topological polar surface area (TPSA) is 89.3 Å². The number of nitrogens with one attached hydrogen (secondary N) is 1. The van der Waals surface area contributed by atoms with Gasteiger partial charge >= 0.3 is 6.03 Å². The average Bonchev–Trinajstić information content (AvgIpc) is 3.33. The molecule has 0 radical (unpaired) electrons. The van der Waals surface area contributed by atoms with Crippen LogP contribution in [-0.4, -0.2) is 69.5 Å². The maximum absolute atomic E-state index is 13.5. The van der Waals surface area contributed by atoms with Gasteiger partial charge in [0.1, 0.15) is 18.0 Å². The van der Waals surface area contributed by atoms with Gasteiger partial charge in [0.05, 0.1) is 25.9 Å². The minimum Gasteiger partial charge on any atom is -0.467 e. The van der Waals surface area contributed by atoms with Crippen molar-refractivity contribution in [2.24, 2.45) is 5.92 Å². The fourth-order valence-electron chi connectivity index (χ4n) is 4.73. The first-order valence-corrected chi connectivity index (χ1v) is 11.9. The van der Waals surface area contributed by atoms with Crippen LogP contribution in [0, 0.1) is 5.92 Å². The molecule has 2 aliphatic rings. The van der Waals surface area contributed by atoms with Gasteiger partial charge in [-0.2, -0.15) is 0 Å². The first kappa shape index (κ1) is 23.8. The number of benzene rings is 1. The summed E-state index contributed by atoms with van der Waals surface area (Å²) in [5.74, 6) is 0.634. The predicted octanol–water partition coefficient (Wildman–Crippen LogP) is 2.65. The molecule has 34 heavy (non-hydrogen) atoms. The molecular weight excluding hydrogens is 434 g/mol. The molecule has 9 heteroatoms. The SMILES string of the molecule is CCN1CC(=O)N2[C@@H](CC(C)C)C(=O)N(Cc3ccco3)C[C@@H]2N1C(=O)NCc1ccccc1. The van der Waals surface area contributed by atoms with E-state index in [1.807, 2.05) is 57.2 Å². The van der Waals surface area contributed by atoms with Crippen molar-refractivity contribution in [3.63, 3.8) is 0 Å². The first-order valence-electron chi connectivity index (χ1n) is 11.9. The van der Waals surface area contributed by atoms with Gasteiger partial charge in [0.15, 0.2) is 0 Å². The Morgan fingerprint density at radius 1 is 1.15 bits per heavy atom. The van der Waals surface area contributed by atoms with Crippen LogP contribution in [0.5, 0.6) is 0 Å². The Labute approximate surface area is 200 Å². The van der Waals surface area contributed by atoms with Crippen LogP contribution in [0.2, 0.25) is 0 Å². The van der Waals surface area contributed by atoms with Crippen LogP contribution < -0.4 is 5.32 Å². The molecule has 2 atom stereocenters. The van der Waals surface area contributed by atoms with E-state index in [4.69, 9.17) is 4.42 Å². The van der Waals surface area contributed by atoms with Gasteiger partial charge in [0, 0.05) is 13.1 Å². The van der Waals surface area contributed by atoms with Crippen molar-refractivity contribution in [3.05, 3.63) is 60.1 Å². The van der Waals surface area contributed by atoms with Crippen LogP contribution in [0.25, 0.3) is 0 Å². The zero-order chi connectivity index (χ0) is 24.2. The molecule has 2 fully saturated rings. The number of piperazine rings is 1. The molecule has 0 bridgehead atoms. The van der Waals surface area contributed by atoms with Gasteiger partial charge in [-0.05, 0) is 30.0 Å². The van der Waals surface area contributed by atoms with E-state index in [0.717, 1.165) is 5.56 Å². The number of amides is 4. The molecule has 2 aromatic rings. The highest BCUT2D eigenvalue weighted by Crippen LogP contribution is 2.30. The molecular formula is C25H33N5O4. The third-order valence-corrected chi connectivity index (χ3v) is 6.31. The molecule has 1 aromatic heterocycles. The summed E-state index contributed by atoms with van der Waals surface area (Å²) in [6.45, 7) is 7.43. The standard InChI is InChI=1S/C25H33N5O4/c1-4-28-17-23(31)29-21(13-18(2)3)24(32)27(15-20-11-8-12-34-20)16-22(29)30(28)25(33)26-14-19-9-6-5-7-10-19/h5-12,18,21-22H,4,13-17H2,1-3H3,(H,26,33)/t21-,22-/m0/s1.